The van der Waals surface area contributed by atoms with Crippen LogP contribution in [-0.2, 0) is 30.8 Å². The van der Waals surface area contributed by atoms with E-state index in [9.17, 15) is 9.59 Å². The second-order valence-corrected chi connectivity index (χ2v) is 6.96. The number of fused-ring (bicyclic) bond motifs is 5. The molecule has 2 heterocycles. The Bertz CT molecular complexity index is 1160. The number of anilines is 1. The van der Waals surface area contributed by atoms with Crippen LogP contribution in [0.15, 0.2) is 78.9 Å². The predicted octanol–water partition coefficient (Wildman–Crippen LogP) is 4.25. The third-order valence-electron chi connectivity index (χ3n) is 5.07. The zero-order valence-electron chi connectivity index (χ0n) is 16.1. The molecule has 4 nitrogen and oxygen atoms in total. The van der Waals surface area contributed by atoms with E-state index in [4.69, 9.17) is 5.11 Å². The molecule has 3 aromatic carbocycles. The average molecular weight is 487 g/mol. The number of carboxylic acid groups (broad SMARTS) is 1. The molecule has 0 bridgehead atoms. The SMILES string of the molecule is CC12[CH-]c3ccccc3N1C(=O)c1ccccc12.O=C(O)C#Cc1ccccc1.[Pd]. The van der Waals surface area contributed by atoms with Gasteiger partial charge in [-0.15, -0.1) is 6.07 Å². The molecule has 5 rings (SSSR count). The van der Waals surface area contributed by atoms with Crippen LogP contribution in [0.25, 0.3) is 0 Å². The first-order valence-corrected chi connectivity index (χ1v) is 9.20. The summed E-state index contributed by atoms with van der Waals surface area (Å²) in [7, 11) is 0. The van der Waals surface area contributed by atoms with Gasteiger partial charge < -0.3 is 10.0 Å². The molecule has 152 valence electrons. The summed E-state index contributed by atoms with van der Waals surface area (Å²) in [6.45, 7) is 2.11. The number of amides is 1. The van der Waals surface area contributed by atoms with E-state index < -0.39 is 5.97 Å². The van der Waals surface area contributed by atoms with Crippen molar-refractivity contribution in [3.8, 4) is 11.8 Å². The molecule has 1 amide bonds. The first-order valence-electron chi connectivity index (χ1n) is 9.20. The molecule has 0 saturated heterocycles. The second-order valence-electron chi connectivity index (χ2n) is 6.96. The van der Waals surface area contributed by atoms with Crippen molar-refractivity contribution < 1.29 is 35.1 Å². The van der Waals surface area contributed by atoms with Crippen LogP contribution in [0.2, 0.25) is 0 Å². The van der Waals surface area contributed by atoms with E-state index in [1.165, 1.54) is 0 Å². The van der Waals surface area contributed by atoms with Gasteiger partial charge in [0.1, 0.15) is 0 Å². The summed E-state index contributed by atoms with van der Waals surface area (Å²) in [5.74, 6) is 3.53. The topological polar surface area (TPSA) is 57.6 Å². The third-order valence-corrected chi connectivity index (χ3v) is 5.07. The minimum absolute atomic E-state index is 0. The molecular formula is C25H18NO3Pd-. The fourth-order valence-corrected chi connectivity index (χ4v) is 3.83. The van der Waals surface area contributed by atoms with Crippen molar-refractivity contribution in [2.45, 2.75) is 12.5 Å². The summed E-state index contributed by atoms with van der Waals surface area (Å²) in [6.07, 6.45) is 2.19. The fraction of sp³-hybridized carbons (Fsp3) is 0.0800. The number of carbonyl (C=O) groups is 2. The summed E-state index contributed by atoms with van der Waals surface area (Å²) < 4.78 is 0. The molecule has 1 N–H and O–H groups in total. The number of aliphatic carboxylic acids is 1. The summed E-state index contributed by atoms with van der Waals surface area (Å²) in [6, 6.07) is 25.0. The van der Waals surface area contributed by atoms with Crippen LogP contribution in [0.1, 0.15) is 34.0 Å². The van der Waals surface area contributed by atoms with E-state index in [0.29, 0.717) is 0 Å². The average Bonchev–Trinajstić information content (AvgIpc) is 3.16. The van der Waals surface area contributed by atoms with Gasteiger partial charge in [-0.25, -0.2) is 4.79 Å². The number of para-hydroxylation sites is 1. The number of hydrogen-bond acceptors (Lipinski definition) is 2. The van der Waals surface area contributed by atoms with Crippen LogP contribution >= 0.6 is 0 Å². The standard InChI is InChI=1S/C16H12NO.C9H6O2.Pd/c1-16-10-11-6-2-5-9-14(11)17(16)15(18)12-7-3-4-8-13(12)16;10-9(11)7-6-8-4-2-1-3-5-8;/h2-10H,1H3;1-5H,(H,10,11);/q-1;;. The number of benzene rings is 3. The van der Waals surface area contributed by atoms with Crippen LogP contribution in [0.4, 0.5) is 5.69 Å². The Balaban J connectivity index is 0.000000186. The number of hydrogen-bond donors (Lipinski definition) is 1. The van der Waals surface area contributed by atoms with Crippen LogP contribution in [-0.4, -0.2) is 17.0 Å². The Kier molecular flexibility index (Phi) is 6.13. The molecule has 5 heteroatoms. The van der Waals surface area contributed by atoms with E-state index in [0.717, 1.165) is 27.9 Å². The van der Waals surface area contributed by atoms with Gasteiger partial charge in [0.25, 0.3) is 0 Å². The molecule has 0 spiro atoms. The molecule has 3 aromatic rings. The quantitative estimate of drug-likeness (QED) is 0.294. The maximum Gasteiger partial charge on any atom is 0.382 e. The van der Waals surface area contributed by atoms with Crippen molar-refractivity contribution in [2.75, 3.05) is 4.90 Å². The van der Waals surface area contributed by atoms with Gasteiger partial charge in [0, 0.05) is 43.0 Å². The van der Waals surface area contributed by atoms with Gasteiger partial charge in [0.2, 0.25) is 5.91 Å². The Hall–Kier alpha value is -3.31. The van der Waals surface area contributed by atoms with Gasteiger partial charge in [0.15, 0.2) is 0 Å². The molecule has 0 radical (unpaired) electrons. The minimum atomic E-state index is -1.10. The normalized spacial score (nSPS) is 17.0. The Labute approximate surface area is 189 Å². The van der Waals surface area contributed by atoms with Gasteiger partial charge in [-0.2, -0.15) is 18.1 Å². The molecule has 30 heavy (non-hydrogen) atoms. The number of nitrogens with zero attached hydrogens (tertiary/aromatic N) is 1. The summed E-state index contributed by atoms with van der Waals surface area (Å²) in [5.41, 5.74) is 4.48. The predicted molar refractivity (Wildman–Crippen MR) is 111 cm³/mol. The molecule has 0 aromatic heterocycles. The summed E-state index contributed by atoms with van der Waals surface area (Å²) in [4.78, 5) is 24.5. The molecule has 2 aliphatic heterocycles. The van der Waals surface area contributed by atoms with Gasteiger partial charge in [-0.05, 0) is 30.7 Å². The number of carboxylic acids is 1. The largest absolute Gasteiger partial charge is 0.472 e. The smallest absolute Gasteiger partial charge is 0.382 e. The summed E-state index contributed by atoms with van der Waals surface area (Å²) in [5, 5.41) is 8.20. The molecule has 0 fully saturated rings. The maximum absolute atomic E-state index is 12.6. The zero-order chi connectivity index (χ0) is 20.4. The zero-order valence-corrected chi connectivity index (χ0v) is 17.7. The number of carbonyl (C=O) groups excluding carboxylic acids is 1. The van der Waals surface area contributed by atoms with Crippen LogP contribution in [0.3, 0.4) is 0 Å². The van der Waals surface area contributed by atoms with Crippen LogP contribution < -0.4 is 4.90 Å². The molecule has 0 saturated carbocycles. The van der Waals surface area contributed by atoms with Crippen molar-refractivity contribution in [1.82, 2.24) is 0 Å². The van der Waals surface area contributed by atoms with Gasteiger partial charge in [0.05, 0.1) is 0 Å². The molecule has 1 atom stereocenters. The van der Waals surface area contributed by atoms with Crippen molar-refractivity contribution in [3.05, 3.63) is 108 Å². The second kappa shape index (κ2) is 8.59. The van der Waals surface area contributed by atoms with Crippen LogP contribution in [0.5, 0.6) is 0 Å². The van der Waals surface area contributed by atoms with Crippen molar-refractivity contribution >= 4 is 17.6 Å². The molecule has 2 aliphatic rings. The van der Waals surface area contributed by atoms with E-state index in [2.05, 4.69) is 31.4 Å². The van der Waals surface area contributed by atoms with Gasteiger partial charge >= 0.3 is 5.97 Å². The van der Waals surface area contributed by atoms with E-state index in [-0.39, 0.29) is 31.9 Å². The Morgan fingerprint density at radius 2 is 1.60 bits per heavy atom. The Morgan fingerprint density at radius 3 is 2.33 bits per heavy atom. The monoisotopic (exact) mass is 486 g/mol. The van der Waals surface area contributed by atoms with E-state index in [1.54, 1.807) is 12.1 Å². The van der Waals surface area contributed by atoms with Crippen LogP contribution in [0, 0.1) is 18.3 Å². The Morgan fingerprint density at radius 1 is 0.967 bits per heavy atom. The minimum Gasteiger partial charge on any atom is -0.472 e. The first kappa shape index (κ1) is 21.4. The van der Waals surface area contributed by atoms with Gasteiger partial charge in [-0.3, -0.25) is 4.79 Å². The van der Waals surface area contributed by atoms with Crippen molar-refractivity contribution in [1.29, 1.82) is 0 Å². The molecule has 0 aliphatic carbocycles. The summed E-state index contributed by atoms with van der Waals surface area (Å²) >= 11 is 0. The van der Waals surface area contributed by atoms with Crippen molar-refractivity contribution in [3.63, 3.8) is 0 Å². The van der Waals surface area contributed by atoms with Gasteiger partial charge in [-0.1, -0.05) is 60.1 Å². The number of rotatable bonds is 0. The van der Waals surface area contributed by atoms with Crippen molar-refractivity contribution in [2.24, 2.45) is 0 Å². The maximum atomic E-state index is 12.6. The molecule has 1 unspecified atom stereocenters. The third kappa shape index (κ3) is 3.76. The van der Waals surface area contributed by atoms with E-state index in [1.807, 2.05) is 65.4 Å². The molecular weight excluding hydrogens is 469 g/mol. The van der Waals surface area contributed by atoms with E-state index >= 15 is 0 Å². The fourth-order valence-electron chi connectivity index (χ4n) is 3.83. The first-order chi connectivity index (χ1) is 14.0.